The Kier molecular flexibility index (Phi) is 4.08. The Morgan fingerprint density at radius 3 is 2.72 bits per heavy atom. The molecule has 0 radical (unpaired) electrons. The standard InChI is InChI=1S/C19H18N4O2/c1-13-4-2-3-5-14(13)10-20-18-9-19(22-11-21-18)23-15-6-7-16-17(8-15)25-12-24-16/h2-9,11H,10,12H2,1H3,(H2,20,21,22,23). The molecule has 2 heterocycles. The number of ether oxygens (including phenoxy) is 2. The summed E-state index contributed by atoms with van der Waals surface area (Å²) in [4.78, 5) is 8.54. The fraction of sp³-hybridized carbons (Fsp3) is 0.158. The van der Waals surface area contributed by atoms with Crippen molar-refractivity contribution in [3.05, 3.63) is 66.0 Å². The first kappa shape index (κ1) is 15.3. The van der Waals surface area contributed by atoms with E-state index in [0.29, 0.717) is 12.4 Å². The zero-order valence-corrected chi connectivity index (χ0v) is 13.8. The fourth-order valence-corrected chi connectivity index (χ4v) is 2.64. The highest BCUT2D eigenvalue weighted by Gasteiger charge is 2.13. The zero-order valence-electron chi connectivity index (χ0n) is 13.8. The highest BCUT2D eigenvalue weighted by Crippen LogP contribution is 2.34. The number of rotatable bonds is 5. The molecule has 6 heteroatoms. The maximum atomic E-state index is 5.39. The van der Waals surface area contributed by atoms with Crippen molar-refractivity contribution in [1.82, 2.24) is 9.97 Å². The summed E-state index contributed by atoms with van der Waals surface area (Å²) in [5, 5.41) is 6.59. The lowest BCUT2D eigenvalue weighted by atomic mass is 10.1. The Morgan fingerprint density at radius 1 is 0.960 bits per heavy atom. The van der Waals surface area contributed by atoms with Crippen LogP contribution in [0.1, 0.15) is 11.1 Å². The summed E-state index contributed by atoms with van der Waals surface area (Å²) < 4.78 is 10.7. The minimum absolute atomic E-state index is 0.263. The average molecular weight is 334 g/mol. The molecule has 0 amide bonds. The van der Waals surface area contributed by atoms with Gasteiger partial charge in [-0.05, 0) is 30.2 Å². The fourth-order valence-electron chi connectivity index (χ4n) is 2.64. The van der Waals surface area contributed by atoms with Crippen LogP contribution in [-0.2, 0) is 6.54 Å². The van der Waals surface area contributed by atoms with Crippen LogP contribution in [0.5, 0.6) is 11.5 Å². The number of aromatic nitrogens is 2. The lowest BCUT2D eigenvalue weighted by Gasteiger charge is -2.10. The van der Waals surface area contributed by atoms with E-state index in [1.54, 1.807) is 0 Å². The monoisotopic (exact) mass is 334 g/mol. The highest BCUT2D eigenvalue weighted by molar-refractivity contribution is 5.63. The molecule has 6 nitrogen and oxygen atoms in total. The first-order valence-electron chi connectivity index (χ1n) is 8.05. The molecule has 0 atom stereocenters. The molecule has 1 aromatic heterocycles. The van der Waals surface area contributed by atoms with E-state index >= 15 is 0 Å². The molecule has 0 fully saturated rings. The van der Waals surface area contributed by atoms with Gasteiger partial charge in [0.25, 0.3) is 0 Å². The van der Waals surface area contributed by atoms with Crippen molar-refractivity contribution < 1.29 is 9.47 Å². The van der Waals surface area contributed by atoms with Gasteiger partial charge in [0.1, 0.15) is 18.0 Å². The first-order valence-corrected chi connectivity index (χ1v) is 8.05. The average Bonchev–Trinajstić information content (AvgIpc) is 3.09. The van der Waals surface area contributed by atoms with Crippen molar-refractivity contribution in [2.24, 2.45) is 0 Å². The number of hydrogen-bond donors (Lipinski definition) is 2. The number of nitrogens with one attached hydrogen (secondary N) is 2. The van der Waals surface area contributed by atoms with Gasteiger partial charge in [-0.3, -0.25) is 0 Å². The first-order chi connectivity index (χ1) is 12.3. The maximum absolute atomic E-state index is 5.39. The summed E-state index contributed by atoms with van der Waals surface area (Å²) >= 11 is 0. The van der Waals surface area contributed by atoms with Gasteiger partial charge < -0.3 is 20.1 Å². The Balaban J connectivity index is 1.45. The predicted octanol–water partition coefficient (Wildman–Crippen LogP) is 3.87. The highest BCUT2D eigenvalue weighted by atomic mass is 16.7. The van der Waals surface area contributed by atoms with E-state index in [0.717, 1.165) is 23.0 Å². The Morgan fingerprint density at radius 2 is 1.80 bits per heavy atom. The Hall–Kier alpha value is -3.28. The third-order valence-electron chi connectivity index (χ3n) is 4.03. The van der Waals surface area contributed by atoms with E-state index in [1.165, 1.54) is 17.5 Å². The van der Waals surface area contributed by atoms with Crippen molar-refractivity contribution in [1.29, 1.82) is 0 Å². The van der Waals surface area contributed by atoms with E-state index < -0.39 is 0 Å². The second-order valence-electron chi connectivity index (χ2n) is 5.76. The van der Waals surface area contributed by atoms with Gasteiger partial charge in [0.2, 0.25) is 6.79 Å². The molecule has 0 bridgehead atoms. The maximum Gasteiger partial charge on any atom is 0.231 e. The quantitative estimate of drug-likeness (QED) is 0.738. The van der Waals surface area contributed by atoms with E-state index in [1.807, 2.05) is 36.4 Å². The zero-order chi connectivity index (χ0) is 17.1. The second-order valence-corrected chi connectivity index (χ2v) is 5.76. The van der Waals surface area contributed by atoms with Gasteiger partial charge >= 0.3 is 0 Å². The normalized spacial score (nSPS) is 12.0. The Labute approximate surface area is 145 Å². The van der Waals surface area contributed by atoms with Crippen LogP contribution < -0.4 is 20.1 Å². The molecule has 3 aromatic rings. The van der Waals surface area contributed by atoms with Crippen LogP contribution in [0.4, 0.5) is 17.3 Å². The van der Waals surface area contributed by atoms with Gasteiger partial charge in [-0.2, -0.15) is 0 Å². The van der Waals surface area contributed by atoms with Crippen LogP contribution in [-0.4, -0.2) is 16.8 Å². The number of anilines is 3. The van der Waals surface area contributed by atoms with Crippen LogP contribution in [0.2, 0.25) is 0 Å². The minimum Gasteiger partial charge on any atom is -0.454 e. The summed E-state index contributed by atoms with van der Waals surface area (Å²) in [5.74, 6) is 2.97. The van der Waals surface area contributed by atoms with Crippen LogP contribution in [0.25, 0.3) is 0 Å². The minimum atomic E-state index is 0.263. The summed E-state index contributed by atoms with van der Waals surface area (Å²) in [6.45, 7) is 3.08. The molecule has 0 unspecified atom stereocenters. The topological polar surface area (TPSA) is 68.3 Å². The smallest absolute Gasteiger partial charge is 0.231 e. The van der Waals surface area contributed by atoms with Gasteiger partial charge in [0.15, 0.2) is 11.5 Å². The SMILES string of the molecule is Cc1ccccc1CNc1cc(Nc2ccc3c(c2)OCO3)ncn1. The lowest BCUT2D eigenvalue weighted by molar-refractivity contribution is 0.174. The number of hydrogen-bond acceptors (Lipinski definition) is 6. The molecule has 0 spiro atoms. The van der Waals surface area contributed by atoms with Gasteiger partial charge in [0.05, 0.1) is 0 Å². The van der Waals surface area contributed by atoms with E-state index in [9.17, 15) is 0 Å². The third-order valence-corrected chi connectivity index (χ3v) is 4.03. The molecule has 1 aliphatic heterocycles. The van der Waals surface area contributed by atoms with Crippen molar-refractivity contribution in [2.75, 3.05) is 17.4 Å². The summed E-state index contributed by atoms with van der Waals surface area (Å²) in [7, 11) is 0. The third kappa shape index (κ3) is 3.47. The number of fused-ring (bicyclic) bond motifs is 1. The second kappa shape index (κ2) is 6.68. The predicted molar refractivity (Wildman–Crippen MR) is 96.4 cm³/mol. The number of benzene rings is 2. The molecule has 0 saturated carbocycles. The number of aryl methyl sites for hydroxylation is 1. The Bertz CT molecular complexity index is 898. The summed E-state index contributed by atoms with van der Waals surface area (Å²) in [6.07, 6.45) is 1.54. The lowest BCUT2D eigenvalue weighted by Crippen LogP contribution is -2.04. The van der Waals surface area contributed by atoms with Gasteiger partial charge in [0, 0.05) is 24.4 Å². The molecule has 2 aromatic carbocycles. The van der Waals surface area contributed by atoms with E-state index in [4.69, 9.17) is 9.47 Å². The molecule has 25 heavy (non-hydrogen) atoms. The van der Waals surface area contributed by atoms with Crippen LogP contribution in [0.3, 0.4) is 0 Å². The molecule has 0 aliphatic carbocycles. The molecule has 4 rings (SSSR count). The van der Waals surface area contributed by atoms with E-state index in [2.05, 4.69) is 39.7 Å². The molecular formula is C19H18N4O2. The molecule has 1 aliphatic rings. The van der Waals surface area contributed by atoms with Gasteiger partial charge in [-0.15, -0.1) is 0 Å². The molecule has 0 saturated heterocycles. The van der Waals surface area contributed by atoms with Crippen molar-refractivity contribution in [3.8, 4) is 11.5 Å². The van der Waals surface area contributed by atoms with Crippen LogP contribution >= 0.6 is 0 Å². The van der Waals surface area contributed by atoms with Crippen molar-refractivity contribution in [3.63, 3.8) is 0 Å². The molecule has 126 valence electrons. The summed E-state index contributed by atoms with van der Waals surface area (Å²) in [5.41, 5.74) is 3.38. The van der Waals surface area contributed by atoms with Crippen LogP contribution in [0, 0.1) is 6.92 Å². The van der Waals surface area contributed by atoms with Crippen molar-refractivity contribution in [2.45, 2.75) is 13.5 Å². The molecular weight excluding hydrogens is 316 g/mol. The van der Waals surface area contributed by atoms with Crippen LogP contribution in [0.15, 0.2) is 54.9 Å². The van der Waals surface area contributed by atoms with Gasteiger partial charge in [-0.25, -0.2) is 9.97 Å². The van der Waals surface area contributed by atoms with E-state index in [-0.39, 0.29) is 6.79 Å². The molecule has 2 N–H and O–H groups in total. The van der Waals surface area contributed by atoms with Gasteiger partial charge in [-0.1, -0.05) is 24.3 Å². The van der Waals surface area contributed by atoms with Crippen molar-refractivity contribution >= 4 is 17.3 Å². The largest absolute Gasteiger partial charge is 0.454 e. The summed E-state index contributed by atoms with van der Waals surface area (Å²) in [6, 6.07) is 15.9. The number of nitrogens with zero attached hydrogens (tertiary/aromatic N) is 2.